The van der Waals surface area contributed by atoms with Gasteiger partial charge in [0.05, 0.1) is 11.1 Å². The highest BCUT2D eigenvalue weighted by atomic mass is 35.5. The van der Waals surface area contributed by atoms with Crippen molar-refractivity contribution in [2.75, 3.05) is 30.8 Å². The van der Waals surface area contributed by atoms with Crippen LogP contribution in [0.5, 0.6) is 5.75 Å². The highest BCUT2D eigenvalue weighted by molar-refractivity contribution is 6.32. The van der Waals surface area contributed by atoms with E-state index in [9.17, 15) is 4.39 Å². The second-order valence-electron chi connectivity index (χ2n) is 8.96. The van der Waals surface area contributed by atoms with E-state index in [4.69, 9.17) is 16.3 Å². The summed E-state index contributed by atoms with van der Waals surface area (Å²) in [4.78, 5) is 15.6. The number of hydrogen-bond acceptors (Lipinski definition) is 7. The third kappa shape index (κ3) is 5.93. The van der Waals surface area contributed by atoms with Crippen molar-refractivity contribution in [2.45, 2.75) is 45.6 Å². The number of nitrogens with one attached hydrogen (secondary N) is 2. The number of rotatable bonds is 7. The van der Waals surface area contributed by atoms with Gasteiger partial charge < -0.3 is 20.3 Å². The van der Waals surface area contributed by atoms with E-state index in [-0.39, 0.29) is 17.8 Å². The van der Waals surface area contributed by atoms with Crippen molar-refractivity contribution in [1.29, 1.82) is 0 Å². The van der Waals surface area contributed by atoms with Crippen LogP contribution in [0.4, 0.5) is 27.7 Å². The predicted molar refractivity (Wildman–Crippen MR) is 134 cm³/mol. The Kier molecular flexibility index (Phi) is 7.48. The molecular formula is C25H30ClFN6O. The maximum Gasteiger partial charge on any atom is 0.230 e. The molecule has 180 valence electrons. The molecule has 0 aliphatic carbocycles. The molecule has 1 saturated heterocycles. The van der Waals surface area contributed by atoms with Gasteiger partial charge in [-0.15, -0.1) is 0 Å². The van der Waals surface area contributed by atoms with E-state index in [0.29, 0.717) is 33.9 Å². The maximum atomic E-state index is 14.9. The average Bonchev–Trinajstić information content (AvgIpc) is 2.79. The van der Waals surface area contributed by atoms with E-state index >= 15 is 0 Å². The van der Waals surface area contributed by atoms with Gasteiger partial charge in [0.15, 0.2) is 0 Å². The molecule has 1 fully saturated rings. The van der Waals surface area contributed by atoms with Gasteiger partial charge in [-0.25, -0.2) is 14.4 Å². The number of benzene rings is 1. The lowest BCUT2D eigenvalue weighted by Crippen LogP contribution is -2.29. The van der Waals surface area contributed by atoms with Gasteiger partial charge in [0.2, 0.25) is 5.95 Å². The van der Waals surface area contributed by atoms with Gasteiger partial charge in [-0.05, 0) is 71.8 Å². The number of piperidine rings is 1. The molecule has 0 atom stereocenters. The quantitative estimate of drug-likeness (QED) is 0.422. The molecule has 4 rings (SSSR count). The molecule has 1 aromatic carbocycles. The zero-order valence-corrected chi connectivity index (χ0v) is 20.7. The standard InChI is InChI=1S/C25H30ClFN6O/c1-15(2)34-22-11-18(5-6-20(22)26)30-24-16(3)13-29-25(32-24)31-23-12-21(27)19(14-28-23)17-7-9-33(4)10-8-17/h5-6,11-15,17H,7-10H2,1-4H3,(H2,28,29,30,31,32). The third-order valence-corrected chi connectivity index (χ3v) is 6.12. The average molecular weight is 485 g/mol. The van der Waals surface area contributed by atoms with E-state index in [1.54, 1.807) is 18.5 Å². The molecule has 0 amide bonds. The van der Waals surface area contributed by atoms with Gasteiger partial charge in [0.1, 0.15) is 23.2 Å². The normalized spacial score (nSPS) is 14.9. The van der Waals surface area contributed by atoms with Crippen molar-refractivity contribution < 1.29 is 9.13 Å². The highest BCUT2D eigenvalue weighted by Crippen LogP contribution is 2.32. The van der Waals surface area contributed by atoms with Gasteiger partial charge in [-0.1, -0.05) is 11.6 Å². The molecule has 2 aromatic heterocycles. The molecule has 1 aliphatic rings. The highest BCUT2D eigenvalue weighted by Gasteiger charge is 2.22. The number of likely N-dealkylation sites (tertiary alicyclic amines) is 1. The lowest BCUT2D eigenvalue weighted by Gasteiger charge is -2.29. The van der Waals surface area contributed by atoms with Crippen molar-refractivity contribution >= 4 is 34.9 Å². The maximum absolute atomic E-state index is 14.9. The monoisotopic (exact) mass is 484 g/mol. The molecule has 1 aliphatic heterocycles. The molecule has 0 spiro atoms. The molecule has 3 heterocycles. The molecule has 2 N–H and O–H groups in total. The lowest BCUT2D eigenvalue weighted by molar-refractivity contribution is 0.242. The Morgan fingerprint density at radius 2 is 1.88 bits per heavy atom. The zero-order chi connectivity index (χ0) is 24.2. The molecule has 0 unspecified atom stereocenters. The van der Waals surface area contributed by atoms with Crippen LogP contribution < -0.4 is 15.4 Å². The number of hydrogen-bond donors (Lipinski definition) is 2. The first-order valence-corrected chi connectivity index (χ1v) is 11.8. The molecule has 0 radical (unpaired) electrons. The largest absolute Gasteiger partial charge is 0.489 e. The van der Waals surface area contributed by atoms with Crippen LogP contribution in [0.15, 0.2) is 36.7 Å². The molecule has 3 aromatic rings. The third-order valence-electron chi connectivity index (χ3n) is 5.81. The van der Waals surface area contributed by atoms with Crippen LogP contribution in [0, 0.1) is 12.7 Å². The molecule has 7 nitrogen and oxygen atoms in total. The van der Waals surface area contributed by atoms with Gasteiger partial charge in [-0.2, -0.15) is 4.98 Å². The fourth-order valence-corrected chi connectivity index (χ4v) is 4.10. The van der Waals surface area contributed by atoms with Crippen molar-refractivity contribution in [1.82, 2.24) is 19.9 Å². The first-order chi connectivity index (χ1) is 16.3. The van der Waals surface area contributed by atoms with Crippen molar-refractivity contribution in [3.05, 3.63) is 58.6 Å². The SMILES string of the molecule is Cc1cnc(Nc2cc(F)c(C3CCN(C)CC3)cn2)nc1Nc1ccc(Cl)c(OC(C)C)c1. The summed E-state index contributed by atoms with van der Waals surface area (Å²) in [6.45, 7) is 7.73. The molecular weight excluding hydrogens is 455 g/mol. The first-order valence-electron chi connectivity index (χ1n) is 11.5. The number of aromatic nitrogens is 3. The summed E-state index contributed by atoms with van der Waals surface area (Å²) in [6.07, 6.45) is 5.20. The smallest absolute Gasteiger partial charge is 0.230 e. The van der Waals surface area contributed by atoms with Crippen LogP contribution in [0.1, 0.15) is 43.7 Å². The van der Waals surface area contributed by atoms with Crippen molar-refractivity contribution in [2.24, 2.45) is 0 Å². The Labute approximate surface area is 204 Å². The van der Waals surface area contributed by atoms with Crippen LogP contribution >= 0.6 is 11.6 Å². The predicted octanol–water partition coefficient (Wildman–Crippen LogP) is 6.06. The number of anilines is 4. The van der Waals surface area contributed by atoms with Gasteiger partial charge in [-0.3, -0.25) is 0 Å². The minimum absolute atomic E-state index is 0.00285. The van der Waals surface area contributed by atoms with Gasteiger partial charge >= 0.3 is 0 Å². The number of halogens is 2. The zero-order valence-electron chi connectivity index (χ0n) is 19.9. The fourth-order valence-electron chi connectivity index (χ4n) is 3.94. The summed E-state index contributed by atoms with van der Waals surface area (Å²) in [7, 11) is 2.09. The van der Waals surface area contributed by atoms with Crippen LogP contribution in [-0.4, -0.2) is 46.1 Å². The minimum Gasteiger partial charge on any atom is -0.489 e. The Bertz CT molecular complexity index is 1150. The Balaban J connectivity index is 1.49. The summed E-state index contributed by atoms with van der Waals surface area (Å²) in [5.74, 6) is 1.84. The van der Waals surface area contributed by atoms with E-state index in [0.717, 1.165) is 37.2 Å². The number of nitrogens with zero attached hydrogens (tertiary/aromatic N) is 4. The molecule has 0 saturated carbocycles. The van der Waals surface area contributed by atoms with Crippen molar-refractivity contribution in [3.63, 3.8) is 0 Å². The molecule has 0 bridgehead atoms. The summed E-state index contributed by atoms with van der Waals surface area (Å²) < 4.78 is 20.6. The summed E-state index contributed by atoms with van der Waals surface area (Å²) in [5.41, 5.74) is 2.30. The first kappa shape index (κ1) is 24.2. The molecule has 9 heteroatoms. The second kappa shape index (κ2) is 10.5. The Hall–Kier alpha value is -2.97. The van der Waals surface area contributed by atoms with Gasteiger partial charge in [0, 0.05) is 41.3 Å². The van der Waals surface area contributed by atoms with E-state index in [1.807, 2.05) is 32.9 Å². The fraction of sp³-hybridized carbons (Fsp3) is 0.400. The van der Waals surface area contributed by atoms with Gasteiger partial charge in [0.25, 0.3) is 0 Å². The number of ether oxygens (including phenoxy) is 1. The summed E-state index contributed by atoms with van der Waals surface area (Å²) in [6, 6.07) is 6.87. The van der Waals surface area contributed by atoms with Crippen LogP contribution in [0.2, 0.25) is 5.02 Å². The van der Waals surface area contributed by atoms with E-state index in [1.165, 1.54) is 6.07 Å². The second-order valence-corrected chi connectivity index (χ2v) is 9.36. The molecule has 34 heavy (non-hydrogen) atoms. The van der Waals surface area contributed by atoms with E-state index in [2.05, 4.69) is 37.5 Å². The summed E-state index contributed by atoms with van der Waals surface area (Å²) in [5, 5.41) is 6.83. The topological polar surface area (TPSA) is 75.2 Å². The van der Waals surface area contributed by atoms with Crippen LogP contribution in [0.25, 0.3) is 0 Å². The van der Waals surface area contributed by atoms with Crippen LogP contribution in [0.3, 0.4) is 0 Å². The van der Waals surface area contributed by atoms with E-state index < -0.39 is 0 Å². The van der Waals surface area contributed by atoms with Crippen molar-refractivity contribution in [3.8, 4) is 5.75 Å². The lowest BCUT2D eigenvalue weighted by atomic mass is 9.90. The number of pyridine rings is 1. The minimum atomic E-state index is -0.253. The Morgan fingerprint density at radius 3 is 2.59 bits per heavy atom. The van der Waals surface area contributed by atoms with Crippen LogP contribution in [-0.2, 0) is 0 Å². The Morgan fingerprint density at radius 1 is 1.12 bits per heavy atom. The summed E-state index contributed by atoms with van der Waals surface area (Å²) >= 11 is 6.24. The number of aryl methyl sites for hydroxylation is 1.